The van der Waals surface area contributed by atoms with E-state index < -0.39 is 27.9 Å². The third-order valence-corrected chi connectivity index (χ3v) is 9.35. The molecule has 1 unspecified atom stereocenters. The van der Waals surface area contributed by atoms with Gasteiger partial charge in [-0.2, -0.15) is 4.31 Å². The highest BCUT2D eigenvalue weighted by atomic mass is 79.9. The highest BCUT2D eigenvalue weighted by molar-refractivity contribution is 9.10. The molecule has 0 spiro atoms. The number of sulfonamides is 1. The van der Waals surface area contributed by atoms with Crippen LogP contribution in [-0.4, -0.2) is 37.1 Å². The van der Waals surface area contributed by atoms with Gasteiger partial charge in [-0.3, -0.25) is 9.59 Å². The molecular formula is C28H27BrN2O4S. The fourth-order valence-corrected chi connectivity index (χ4v) is 6.88. The summed E-state index contributed by atoms with van der Waals surface area (Å²) in [5, 5.41) is 1.74. The SMILES string of the molecule is O=C1CC(N(CCC2=CCCCC2)S(=O)(=O)c2ccc3ccccc3c2)C(=O)N1c1ccc(Br)cc1. The number of allylic oxidation sites excluding steroid dienone is 1. The van der Waals surface area contributed by atoms with Crippen molar-refractivity contribution in [2.24, 2.45) is 0 Å². The lowest BCUT2D eigenvalue weighted by molar-refractivity contribution is -0.122. The normalized spacial score (nSPS) is 18.8. The molecule has 0 bridgehead atoms. The van der Waals surface area contributed by atoms with E-state index >= 15 is 0 Å². The van der Waals surface area contributed by atoms with Gasteiger partial charge in [0.25, 0.3) is 5.91 Å². The Morgan fingerprint density at radius 3 is 2.42 bits per heavy atom. The number of halogens is 1. The number of carbonyl (C=O) groups is 2. The van der Waals surface area contributed by atoms with Crippen LogP contribution in [0.2, 0.25) is 0 Å². The summed E-state index contributed by atoms with van der Waals surface area (Å²) in [6, 6.07) is 18.3. The molecule has 0 aromatic heterocycles. The quantitative estimate of drug-likeness (QED) is 0.267. The third kappa shape index (κ3) is 4.90. The summed E-state index contributed by atoms with van der Waals surface area (Å²) in [6.45, 7) is 0.152. The molecule has 0 radical (unpaired) electrons. The number of benzene rings is 3. The topological polar surface area (TPSA) is 74.8 Å². The molecule has 6 nitrogen and oxygen atoms in total. The first-order chi connectivity index (χ1) is 17.3. The molecule has 1 heterocycles. The first-order valence-electron chi connectivity index (χ1n) is 12.2. The Labute approximate surface area is 219 Å². The number of hydrogen-bond acceptors (Lipinski definition) is 4. The van der Waals surface area contributed by atoms with Gasteiger partial charge >= 0.3 is 0 Å². The number of amides is 2. The van der Waals surface area contributed by atoms with E-state index in [0.717, 1.165) is 45.8 Å². The van der Waals surface area contributed by atoms with Gasteiger partial charge in [0.15, 0.2) is 0 Å². The van der Waals surface area contributed by atoms with Gasteiger partial charge in [-0.1, -0.05) is 57.9 Å². The minimum atomic E-state index is -4.05. The number of fused-ring (bicyclic) bond motifs is 1. The summed E-state index contributed by atoms with van der Waals surface area (Å²) in [5.74, 6) is -0.910. The van der Waals surface area contributed by atoms with Crippen LogP contribution in [0, 0.1) is 0 Å². The molecule has 1 aliphatic heterocycles. The van der Waals surface area contributed by atoms with E-state index in [-0.39, 0.29) is 17.9 Å². The minimum absolute atomic E-state index is 0.126. The predicted molar refractivity (Wildman–Crippen MR) is 144 cm³/mol. The average molecular weight is 568 g/mol. The van der Waals surface area contributed by atoms with Crippen LogP contribution in [0.15, 0.2) is 87.7 Å². The number of rotatable bonds is 7. The lowest BCUT2D eigenvalue weighted by Gasteiger charge is -2.28. The van der Waals surface area contributed by atoms with E-state index in [0.29, 0.717) is 12.1 Å². The largest absolute Gasteiger partial charge is 0.274 e. The molecule has 3 aromatic carbocycles. The molecule has 1 aliphatic carbocycles. The Hall–Kier alpha value is -2.81. The zero-order valence-electron chi connectivity index (χ0n) is 19.8. The van der Waals surface area contributed by atoms with Gasteiger partial charge in [0.2, 0.25) is 15.9 Å². The number of carbonyl (C=O) groups excluding carboxylic acids is 2. The van der Waals surface area contributed by atoms with Gasteiger partial charge in [-0.25, -0.2) is 13.3 Å². The fourth-order valence-electron chi connectivity index (χ4n) is 4.99. The monoisotopic (exact) mass is 566 g/mol. The van der Waals surface area contributed by atoms with Crippen LogP contribution in [0.5, 0.6) is 0 Å². The Morgan fingerprint density at radius 2 is 1.69 bits per heavy atom. The maximum atomic E-state index is 14.0. The molecule has 0 N–H and O–H groups in total. The molecule has 1 saturated heterocycles. The van der Waals surface area contributed by atoms with E-state index in [1.165, 1.54) is 9.88 Å². The third-order valence-electron chi connectivity index (χ3n) is 6.92. The molecular weight excluding hydrogens is 540 g/mol. The Bertz CT molecular complexity index is 1450. The van der Waals surface area contributed by atoms with Gasteiger partial charge in [-0.05, 0) is 79.3 Å². The van der Waals surface area contributed by atoms with E-state index in [1.807, 2.05) is 24.3 Å². The molecule has 0 saturated carbocycles. The standard InChI is InChI=1S/C28H27BrN2O4S/c29-23-11-13-24(14-12-23)31-27(32)19-26(28(31)33)30(17-16-20-6-2-1-3-7-20)36(34,35)25-15-10-21-8-4-5-9-22(21)18-25/h4-6,8-15,18,26H,1-3,7,16-17,19H2. The van der Waals surface area contributed by atoms with Crippen molar-refractivity contribution in [1.29, 1.82) is 0 Å². The summed E-state index contributed by atoms with van der Waals surface area (Å²) < 4.78 is 30.1. The van der Waals surface area contributed by atoms with Crippen LogP contribution >= 0.6 is 15.9 Å². The number of anilines is 1. The van der Waals surface area contributed by atoms with Gasteiger partial charge < -0.3 is 0 Å². The van der Waals surface area contributed by atoms with Crippen molar-refractivity contribution in [3.8, 4) is 0 Å². The fraction of sp³-hybridized carbons (Fsp3) is 0.286. The summed E-state index contributed by atoms with van der Waals surface area (Å²) in [4.78, 5) is 27.8. The maximum Gasteiger partial charge on any atom is 0.252 e. The van der Waals surface area contributed by atoms with Crippen LogP contribution in [0.3, 0.4) is 0 Å². The molecule has 8 heteroatoms. The minimum Gasteiger partial charge on any atom is -0.274 e. The van der Waals surface area contributed by atoms with Crippen molar-refractivity contribution in [2.75, 3.05) is 11.4 Å². The first kappa shape index (κ1) is 24.9. The van der Waals surface area contributed by atoms with Gasteiger partial charge in [-0.15, -0.1) is 0 Å². The van der Waals surface area contributed by atoms with Crippen molar-refractivity contribution >= 4 is 54.2 Å². The second-order valence-corrected chi connectivity index (χ2v) is 12.1. The Morgan fingerprint density at radius 1 is 0.944 bits per heavy atom. The van der Waals surface area contributed by atoms with Crippen molar-refractivity contribution < 1.29 is 18.0 Å². The highest BCUT2D eigenvalue weighted by Gasteiger charge is 2.46. The van der Waals surface area contributed by atoms with Crippen LogP contribution < -0.4 is 4.90 Å². The molecule has 2 aliphatic rings. The molecule has 36 heavy (non-hydrogen) atoms. The first-order valence-corrected chi connectivity index (χ1v) is 14.4. The van der Waals surface area contributed by atoms with E-state index in [2.05, 4.69) is 22.0 Å². The van der Waals surface area contributed by atoms with Crippen LogP contribution in [-0.2, 0) is 19.6 Å². The second kappa shape index (κ2) is 10.3. The predicted octanol–water partition coefficient (Wildman–Crippen LogP) is 5.82. The van der Waals surface area contributed by atoms with E-state index in [9.17, 15) is 18.0 Å². The molecule has 5 rings (SSSR count). The second-order valence-electron chi connectivity index (χ2n) is 9.25. The molecule has 3 aromatic rings. The van der Waals surface area contributed by atoms with Crippen LogP contribution in [0.4, 0.5) is 5.69 Å². The van der Waals surface area contributed by atoms with Crippen molar-refractivity contribution in [1.82, 2.24) is 4.31 Å². The van der Waals surface area contributed by atoms with Crippen molar-refractivity contribution in [3.05, 3.63) is 82.9 Å². The number of hydrogen-bond donors (Lipinski definition) is 0. The zero-order valence-corrected chi connectivity index (χ0v) is 22.2. The van der Waals surface area contributed by atoms with E-state index in [1.54, 1.807) is 42.5 Å². The summed E-state index contributed by atoms with van der Waals surface area (Å²) >= 11 is 3.37. The average Bonchev–Trinajstić information content (AvgIpc) is 3.18. The number of nitrogens with zero attached hydrogens (tertiary/aromatic N) is 2. The lowest BCUT2D eigenvalue weighted by Crippen LogP contribution is -2.46. The summed E-state index contributed by atoms with van der Waals surface area (Å²) in [7, 11) is -4.05. The summed E-state index contributed by atoms with van der Waals surface area (Å²) in [5.41, 5.74) is 1.65. The molecule has 1 atom stereocenters. The van der Waals surface area contributed by atoms with Crippen LogP contribution in [0.1, 0.15) is 38.5 Å². The maximum absolute atomic E-state index is 14.0. The van der Waals surface area contributed by atoms with Crippen LogP contribution in [0.25, 0.3) is 10.8 Å². The Kier molecular flexibility index (Phi) is 7.10. The van der Waals surface area contributed by atoms with Gasteiger partial charge in [0.1, 0.15) is 6.04 Å². The lowest BCUT2D eigenvalue weighted by atomic mass is 9.97. The van der Waals surface area contributed by atoms with Crippen molar-refractivity contribution in [3.63, 3.8) is 0 Å². The van der Waals surface area contributed by atoms with E-state index in [4.69, 9.17) is 0 Å². The number of imide groups is 1. The smallest absolute Gasteiger partial charge is 0.252 e. The zero-order chi connectivity index (χ0) is 25.3. The van der Waals surface area contributed by atoms with Crippen molar-refractivity contribution in [2.45, 2.75) is 49.5 Å². The highest BCUT2D eigenvalue weighted by Crippen LogP contribution is 2.32. The molecule has 186 valence electrons. The Balaban J connectivity index is 1.51. The summed E-state index contributed by atoms with van der Waals surface area (Å²) in [6.07, 6.45) is 6.70. The molecule has 1 fully saturated rings. The van der Waals surface area contributed by atoms with Gasteiger partial charge in [0.05, 0.1) is 17.0 Å². The molecule has 2 amide bonds. The van der Waals surface area contributed by atoms with Gasteiger partial charge in [0, 0.05) is 11.0 Å².